The third-order valence-corrected chi connectivity index (χ3v) is 4.16. The second-order valence-corrected chi connectivity index (χ2v) is 5.94. The Labute approximate surface area is 135 Å². The summed E-state index contributed by atoms with van der Waals surface area (Å²) in [5, 5.41) is 14.5. The molecule has 1 N–H and O–H groups in total. The topological polar surface area (TPSA) is 50.5 Å². The number of aliphatic hydroxyl groups is 1. The number of halogens is 1. The minimum absolute atomic E-state index is 0.205. The summed E-state index contributed by atoms with van der Waals surface area (Å²) >= 11 is 0. The first-order valence-electron chi connectivity index (χ1n) is 7.98. The third-order valence-electron chi connectivity index (χ3n) is 4.16. The molecule has 23 heavy (non-hydrogen) atoms. The zero-order valence-electron chi connectivity index (χ0n) is 13.0. The van der Waals surface area contributed by atoms with Gasteiger partial charge in [-0.05, 0) is 49.7 Å². The second-order valence-electron chi connectivity index (χ2n) is 5.94. The zero-order valence-corrected chi connectivity index (χ0v) is 13.0. The molecule has 1 saturated heterocycles. The molecule has 0 amide bonds. The van der Waals surface area contributed by atoms with E-state index in [0.29, 0.717) is 18.3 Å². The first kappa shape index (κ1) is 16.0. The van der Waals surface area contributed by atoms with Crippen LogP contribution in [0.5, 0.6) is 5.75 Å². The average molecular weight is 319 g/mol. The van der Waals surface area contributed by atoms with Crippen LogP contribution < -0.4 is 4.74 Å². The standard InChI is InChI=1S/C17H22FN3O2/c18-14-4-6-17(7-5-14)23-13-16(22)12-20-9-1-3-15(20)11-21-10-2-8-19-21/h2,4-8,10,15-16,22H,1,3,9,11-13H2/t15-,16+/m1/s1. The summed E-state index contributed by atoms with van der Waals surface area (Å²) in [6, 6.07) is 8.15. The van der Waals surface area contributed by atoms with Crippen LogP contribution in [0, 0.1) is 5.82 Å². The summed E-state index contributed by atoms with van der Waals surface area (Å²) in [7, 11) is 0. The fourth-order valence-corrected chi connectivity index (χ4v) is 3.01. The lowest BCUT2D eigenvalue weighted by Crippen LogP contribution is -2.40. The van der Waals surface area contributed by atoms with Crippen LogP contribution in [0.2, 0.25) is 0 Å². The highest BCUT2D eigenvalue weighted by atomic mass is 19.1. The largest absolute Gasteiger partial charge is 0.491 e. The van der Waals surface area contributed by atoms with Crippen LogP contribution in [0.25, 0.3) is 0 Å². The number of benzene rings is 1. The normalized spacial score (nSPS) is 19.8. The van der Waals surface area contributed by atoms with E-state index in [-0.39, 0.29) is 12.4 Å². The van der Waals surface area contributed by atoms with E-state index >= 15 is 0 Å². The van der Waals surface area contributed by atoms with Crippen molar-refractivity contribution in [1.29, 1.82) is 0 Å². The van der Waals surface area contributed by atoms with Gasteiger partial charge in [0.2, 0.25) is 0 Å². The molecule has 0 radical (unpaired) electrons. The molecule has 1 fully saturated rings. The van der Waals surface area contributed by atoms with Gasteiger partial charge >= 0.3 is 0 Å². The first-order valence-corrected chi connectivity index (χ1v) is 7.98. The van der Waals surface area contributed by atoms with Crippen LogP contribution in [-0.4, -0.2) is 51.6 Å². The van der Waals surface area contributed by atoms with E-state index in [1.165, 1.54) is 12.1 Å². The smallest absolute Gasteiger partial charge is 0.123 e. The Kier molecular flexibility index (Phi) is 5.25. The molecule has 3 rings (SSSR count). The molecule has 0 bridgehead atoms. The zero-order chi connectivity index (χ0) is 16.1. The Morgan fingerprint density at radius 2 is 2.17 bits per heavy atom. The van der Waals surface area contributed by atoms with Crippen molar-refractivity contribution in [2.45, 2.75) is 31.5 Å². The first-order chi connectivity index (χ1) is 11.2. The van der Waals surface area contributed by atoms with Gasteiger partial charge < -0.3 is 9.84 Å². The van der Waals surface area contributed by atoms with Gasteiger partial charge in [0.05, 0.1) is 6.54 Å². The molecule has 1 aliphatic heterocycles. The van der Waals surface area contributed by atoms with Crippen LogP contribution in [0.4, 0.5) is 4.39 Å². The fourth-order valence-electron chi connectivity index (χ4n) is 3.01. The molecule has 2 heterocycles. The van der Waals surface area contributed by atoms with Gasteiger partial charge in [0.15, 0.2) is 0 Å². The summed E-state index contributed by atoms with van der Waals surface area (Å²) in [4.78, 5) is 2.29. The summed E-state index contributed by atoms with van der Waals surface area (Å²) in [6.07, 6.45) is 5.43. The van der Waals surface area contributed by atoms with E-state index in [9.17, 15) is 9.50 Å². The summed E-state index contributed by atoms with van der Waals surface area (Å²) < 4.78 is 20.3. The molecule has 0 spiro atoms. The van der Waals surface area contributed by atoms with E-state index in [4.69, 9.17) is 4.74 Å². The minimum Gasteiger partial charge on any atom is -0.491 e. The van der Waals surface area contributed by atoms with Crippen molar-refractivity contribution in [2.24, 2.45) is 0 Å². The minimum atomic E-state index is -0.571. The third kappa shape index (κ3) is 4.53. The fraction of sp³-hybridized carbons (Fsp3) is 0.471. The van der Waals surface area contributed by atoms with E-state index in [1.807, 2.05) is 16.9 Å². The van der Waals surface area contributed by atoms with Gasteiger partial charge in [0.1, 0.15) is 24.3 Å². The Morgan fingerprint density at radius 1 is 1.35 bits per heavy atom. The summed E-state index contributed by atoms with van der Waals surface area (Å²) in [6.45, 7) is 2.61. The number of aliphatic hydroxyl groups excluding tert-OH is 1. The van der Waals surface area contributed by atoms with E-state index < -0.39 is 6.10 Å². The Hall–Kier alpha value is -1.92. The van der Waals surface area contributed by atoms with Gasteiger partial charge in [0.25, 0.3) is 0 Å². The molecule has 1 aromatic carbocycles. The van der Waals surface area contributed by atoms with Crippen LogP contribution in [-0.2, 0) is 6.54 Å². The maximum Gasteiger partial charge on any atom is 0.123 e. The maximum atomic E-state index is 12.8. The average Bonchev–Trinajstić information content (AvgIpc) is 3.20. The SMILES string of the molecule is O[C@H](COc1ccc(F)cc1)CN1CCC[C@@H]1Cn1cccn1. The van der Waals surface area contributed by atoms with Gasteiger partial charge in [0, 0.05) is 25.0 Å². The van der Waals surface area contributed by atoms with Crippen molar-refractivity contribution < 1.29 is 14.2 Å². The second kappa shape index (κ2) is 7.57. The molecule has 1 aliphatic rings. The van der Waals surface area contributed by atoms with E-state index in [0.717, 1.165) is 25.9 Å². The molecule has 0 aliphatic carbocycles. The summed E-state index contributed by atoms with van der Waals surface area (Å²) in [5.41, 5.74) is 0. The number of rotatable bonds is 7. The van der Waals surface area contributed by atoms with Gasteiger partial charge in [-0.15, -0.1) is 0 Å². The number of hydrogen-bond acceptors (Lipinski definition) is 4. The lowest BCUT2D eigenvalue weighted by atomic mass is 10.2. The number of nitrogens with zero attached hydrogens (tertiary/aromatic N) is 3. The Balaban J connectivity index is 1.46. The van der Waals surface area contributed by atoms with Crippen molar-refractivity contribution in [2.75, 3.05) is 19.7 Å². The maximum absolute atomic E-state index is 12.8. The molecular weight excluding hydrogens is 297 g/mol. The quantitative estimate of drug-likeness (QED) is 0.847. The molecule has 124 valence electrons. The van der Waals surface area contributed by atoms with Crippen LogP contribution >= 0.6 is 0 Å². The highest BCUT2D eigenvalue weighted by Gasteiger charge is 2.26. The highest BCUT2D eigenvalue weighted by Crippen LogP contribution is 2.19. The van der Waals surface area contributed by atoms with Crippen LogP contribution in [0.1, 0.15) is 12.8 Å². The van der Waals surface area contributed by atoms with Gasteiger partial charge in [-0.3, -0.25) is 9.58 Å². The summed E-state index contributed by atoms with van der Waals surface area (Å²) in [5.74, 6) is 0.274. The van der Waals surface area contributed by atoms with Gasteiger partial charge in [-0.1, -0.05) is 0 Å². The Bertz CT molecular complexity index is 588. The van der Waals surface area contributed by atoms with E-state index in [1.54, 1.807) is 18.3 Å². The highest BCUT2D eigenvalue weighted by molar-refractivity contribution is 5.22. The molecule has 2 atom stereocenters. The molecule has 0 unspecified atom stereocenters. The number of ether oxygens (including phenoxy) is 1. The number of likely N-dealkylation sites (tertiary alicyclic amines) is 1. The van der Waals surface area contributed by atoms with E-state index in [2.05, 4.69) is 10.00 Å². The lowest BCUT2D eigenvalue weighted by molar-refractivity contribution is 0.0609. The number of hydrogen-bond donors (Lipinski definition) is 1. The predicted molar refractivity (Wildman–Crippen MR) is 84.7 cm³/mol. The van der Waals surface area contributed by atoms with Crippen molar-refractivity contribution in [3.05, 3.63) is 48.5 Å². The molecule has 1 aromatic heterocycles. The molecule has 0 saturated carbocycles. The van der Waals surface area contributed by atoms with Crippen molar-refractivity contribution in [3.8, 4) is 5.75 Å². The van der Waals surface area contributed by atoms with Crippen LogP contribution in [0.15, 0.2) is 42.7 Å². The van der Waals surface area contributed by atoms with Crippen molar-refractivity contribution >= 4 is 0 Å². The molecular formula is C17H22FN3O2. The molecule has 2 aromatic rings. The molecule has 6 heteroatoms. The number of β-amino-alcohol motifs (C(OH)–C–C–N with tert-alkyl or cyclic N) is 1. The van der Waals surface area contributed by atoms with Gasteiger partial charge in [-0.2, -0.15) is 5.10 Å². The lowest BCUT2D eigenvalue weighted by Gasteiger charge is -2.26. The van der Waals surface area contributed by atoms with Crippen molar-refractivity contribution in [3.63, 3.8) is 0 Å². The van der Waals surface area contributed by atoms with Crippen LogP contribution in [0.3, 0.4) is 0 Å². The van der Waals surface area contributed by atoms with Crippen molar-refractivity contribution in [1.82, 2.24) is 14.7 Å². The Morgan fingerprint density at radius 3 is 2.91 bits per heavy atom. The van der Waals surface area contributed by atoms with Gasteiger partial charge in [-0.25, -0.2) is 4.39 Å². The monoisotopic (exact) mass is 319 g/mol. The number of aromatic nitrogens is 2. The molecule has 5 nitrogen and oxygen atoms in total. The predicted octanol–water partition coefficient (Wildman–Crippen LogP) is 1.93.